The lowest BCUT2D eigenvalue weighted by Gasteiger charge is -2.21. The van der Waals surface area contributed by atoms with E-state index in [0.717, 1.165) is 15.7 Å². The van der Waals surface area contributed by atoms with Crippen molar-refractivity contribution >= 4 is 39.3 Å². The lowest BCUT2D eigenvalue weighted by Crippen LogP contribution is -2.43. The first-order valence-electron chi connectivity index (χ1n) is 7.42. The molecule has 24 heavy (non-hydrogen) atoms. The minimum atomic E-state index is -0.239. The number of aryl methyl sites for hydroxylation is 1. The second-order valence-corrected chi connectivity index (χ2v) is 6.52. The van der Waals surface area contributed by atoms with Gasteiger partial charge < -0.3 is 15.5 Å². The van der Waals surface area contributed by atoms with E-state index in [1.54, 1.807) is 19.0 Å². The van der Waals surface area contributed by atoms with Crippen molar-refractivity contribution < 1.29 is 14.4 Å². The molecule has 0 unspecified atom stereocenters. The van der Waals surface area contributed by atoms with Crippen LogP contribution in [0.4, 0.5) is 5.69 Å². The number of carbonyl (C=O) groups excluding carboxylic acids is 3. The van der Waals surface area contributed by atoms with Crippen LogP contribution in [0.1, 0.15) is 5.56 Å². The third-order valence-corrected chi connectivity index (χ3v) is 3.86. The number of carbonyl (C=O) groups is 3. The normalized spacial score (nSPS) is 10.4. The summed E-state index contributed by atoms with van der Waals surface area (Å²) in [6.45, 7) is 2.03. The number of nitrogens with one attached hydrogen (secondary N) is 2. The largest absolute Gasteiger partial charge is 0.358 e. The standard InChI is InChI=1S/C16H23BrN4O3/c1-11-7-12(17)5-6-13(11)19-15(23)8-20(3)10-16(24)21(4)9-14(22)18-2/h5-7H,8-10H2,1-4H3,(H,18,22)(H,19,23). The number of benzene rings is 1. The number of hydrogen-bond acceptors (Lipinski definition) is 4. The van der Waals surface area contributed by atoms with E-state index in [1.807, 2.05) is 25.1 Å². The van der Waals surface area contributed by atoms with Crippen molar-refractivity contribution in [2.75, 3.05) is 46.1 Å². The van der Waals surface area contributed by atoms with Crippen LogP contribution in [0, 0.1) is 6.92 Å². The molecule has 2 N–H and O–H groups in total. The van der Waals surface area contributed by atoms with E-state index in [-0.39, 0.29) is 37.4 Å². The maximum atomic E-state index is 12.1. The number of nitrogens with zero attached hydrogens (tertiary/aromatic N) is 2. The minimum absolute atomic E-state index is 0.00649. The van der Waals surface area contributed by atoms with Gasteiger partial charge in [0.05, 0.1) is 19.6 Å². The zero-order chi connectivity index (χ0) is 18.3. The van der Waals surface area contributed by atoms with Gasteiger partial charge in [0.15, 0.2) is 0 Å². The highest BCUT2D eigenvalue weighted by molar-refractivity contribution is 9.10. The number of rotatable bonds is 7. The quantitative estimate of drug-likeness (QED) is 0.712. The first-order chi connectivity index (χ1) is 11.2. The molecule has 0 fully saturated rings. The zero-order valence-electron chi connectivity index (χ0n) is 14.4. The lowest BCUT2D eigenvalue weighted by atomic mass is 10.2. The summed E-state index contributed by atoms with van der Waals surface area (Å²) in [5, 5.41) is 5.28. The number of hydrogen-bond donors (Lipinski definition) is 2. The van der Waals surface area contributed by atoms with Crippen molar-refractivity contribution in [2.45, 2.75) is 6.92 Å². The molecule has 132 valence electrons. The Morgan fingerprint density at radius 3 is 2.33 bits per heavy atom. The average Bonchev–Trinajstić information content (AvgIpc) is 2.49. The van der Waals surface area contributed by atoms with Gasteiger partial charge in [-0.15, -0.1) is 0 Å². The van der Waals surface area contributed by atoms with Crippen LogP contribution in [-0.4, -0.2) is 68.3 Å². The third-order valence-electron chi connectivity index (χ3n) is 3.37. The summed E-state index contributed by atoms with van der Waals surface area (Å²) >= 11 is 3.37. The summed E-state index contributed by atoms with van der Waals surface area (Å²) in [4.78, 5) is 38.3. The van der Waals surface area contributed by atoms with Gasteiger partial charge in [0, 0.05) is 24.3 Å². The van der Waals surface area contributed by atoms with Crippen molar-refractivity contribution in [3.05, 3.63) is 28.2 Å². The smallest absolute Gasteiger partial charge is 0.239 e. The second kappa shape index (κ2) is 9.39. The number of amides is 3. The molecule has 0 heterocycles. The first-order valence-corrected chi connectivity index (χ1v) is 8.21. The van der Waals surface area contributed by atoms with Gasteiger partial charge in [-0.25, -0.2) is 0 Å². The summed E-state index contributed by atoms with van der Waals surface area (Å²) in [7, 11) is 4.75. The fraction of sp³-hybridized carbons (Fsp3) is 0.438. The molecule has 0 bridgehead atoms. The van der Waals surface area contributed by atoms with Crippen LogP contribution in [0.2, 0.25) is 0 Å². The molecule has 0 aliphatic heterocycles. The van der Waals surface area contributed by atoms with Crippen LogP contribution < -0.4 is 10.6 Å². The highest BCUT2D eigenvalue weighted by Crippen LogP contribution is 2.19. The van der Waals surface area contributed by atoms with Crippen LogP contribution in [0.15, 0.2) is 22.7 Å². The van der Waals surface area contributed by atoms with Crippen molar-refractivity contribution in [2.24, 2.45) is 0 Å². The Kier molecular flexibility index (Phi) is 7.87. The van der Waals surface area contributed by atoms with Gasteiger partial charge in [-0.05, 0) is 37.7 Å². The molecule has 0 aliphatic carbocycles. The minimum Gasteiger partial charge on any atom is -0.358 e. The van der Waals surface area contributed by atoms with Crippen LogP contribution in [0.25, 0.3) is 0 Å². The van der Waals surface area contributed by atoms with E-state index in [2.05, 4.69) is 26.6 Å². The summed E-state index contributed by atoms with van der Waals surface area (Å²) in [5.41, 5.74) is 1.68. The van der Waals surface area contributed by atoms with E-state index in [9.17, 15) is 14.4 Å². The van der Waals surface area contributed by atoms with Gasteiger partial charge >= 0.3 is 0 Å². The molecular formula is C16H23BrN4O3. The summed E-state index contributed by atoms with van der Waals surface area (Å²) in [6.07, 6.45) is 0. The molecule has 0 saturated heterocycles. The van der Waals surface area contributed by atoms with Gasteiger partial charge in [0.25, 0.3) is 0 Å². The molecule has 0 saturated carbocycles. The van der Waals surface area contributed by atoms with Gasteiger partial charge in [-0.3, -0.25) is 19.3 Å². The third kappa shape index (κ3) is 6.67. The lowest BCUT2D eigenvalue weighted by molar-refractivity contribution is -0.135. The molecule has 0 atom stereocenters. The summed E-state index contributed by atoms with van der Waals surface area (Å²) < 4.78 is 0.944. The Balaban J connectivity index is 2.49. The molecule has 3 amide bonds. The fourth-order valence-corrected chi connectivity index (χ4v) is 2.47. The van der Waals surface area contributed by atoms with Crippen LogP contribution >= 0.6 is 15.9 Å². The van der Waals surface area contributed by atoms with Gasteiger partial charge in [-0.1, -0.05) is 15.9 Å². The molecule has 0 spiro atoms. The predicted octanol–water partition coefficient (Wildman–Crippen LogP) is 0.832. The van der Waals surface area contributed by atoms with Crippen molar-refractivity contribution in [3.8, 4) is 0 Å². The Hall–Kier alpha value is -1.93. The van der Waals surface area contributed by atoms with Crippen molar-refractivity contribution in [3.63, 3.8) is 0 Å². The Morgan fingerprint density at radius 2 is 1.75 bits per heavy atom. The van der Waals surface area contributed by atoms with Crippen molar-refractivity contribution in [1.82, 2.24) is 15.1 Å². The van der Waals surface area contributed by atoms with Gasteiger partial charge in [-0.2, -0.15) is 0 Å². The molecule has 1 aromatic carbocycles. The van der Waals surface area contributed by atoms with Crippen LogP contribution in [-0.2, 0) is 14.4 Å². The van der Waals surface area contributed by atoms with Crippen molar-refractivity contribution in [1.29, 1.82) is 0 Å². The highest BCUT2D eigenvalue weighted by Gasteiger charge is 2.16. The van der Waals surface area contributed by atoms with E-state index in [1.165, 1.54) is 11.9 Å². The number of anilines is 1. The first kappa shape index (κ1) is 20.1. The van der Waals surface area contributed by atoms with E-state index in [4.69, 9.17) is 0 Å². The fourth-order valence-electron chi connectivity index (χ4n) is 1.99. The Bertz CT molecular complexity index is 621. The second-order valence-electron chi connectivity index (χ2n) is 5.60. The maximum Gasteiger partial charge on any atom is 0.239 e. The van der Waals surface area contributed by atoms with Gasteiger partial charge in [0.2, 0.25) is 17.7 Å². The average molecular weight is 399 g/mol. The Morgan fingerprint density at radius 1 is 1.08 bits per heavy atom. The van der Waals surface area contributed by atoms with Crippen LogP contribution in [0.3, 0.4) is 0 Å². The molecule has 0 aromatic heterocycles. The van der Waals surface area contributed by atoms with E-state index >= 15 is 0 Å². The van der Waals surface area contributed by atoms with E-state index < -0.39 is 0 Å². The zero-order valence-corrected chi connectivity index (χ0v) is 15.9. The molecule has 0 radical (unpaired) electrons. The molecule has 1 rings (SSSR count). The monoisotopic (exact) mass is 398 g/mol. The molecular weight excluding hydrogens is 376 g/mol. The Labute approximate surface area is 150 Å². The SMILES string of the molecule is CNC(=O)CN(C)C(=O)CN(C)CC(=O)Nc1ccc(Br)cc1C. The summed E-state index contributed by atoms with van der Waals surface area (Å²) in [6, 6.07) is 5.58. The van der Waals surface area contributed by atoms with Crippen LogP contribution in [0.5, 0.6) is 0 Å². The summed E-state index contributed by atoms with van der Waals surface area (Å²) in [5.74, 6) is -0.671. The number of halogens is 1. The molecule has 0 aliphatic rings. The number of likely N-dealkylation sites (N-methyl/N-ethyl adjacent to an activating group) is 3. The molecule has 1 aromatic rings. The topological polar surface area (TPSA) is 81.8 Å². The predicted molar refractivity (Wildman–Crippen MR) is 96.7 cm³/mol. The van der Waals surface area contributed by atoms with E-state index in [0.29, 0.717) is 0 Å². The van der Waals surface area contributed by atoms with Gasteiger partial charge in [0.1, 0.15) is 0 Å². The molecule has 7 nitrogen and oxygen atoms in total. The maximum absolute atomic E-state index is 12.1. The highest BCUT2D eigenvalue weighted by atomic mass is 79.9. The molecule has 8 heteroatoms.